The third-order valence-electron chi connectivity index (χ3n) is 4.54. The average molecular weight is 527 g/mol. The first-order valence-electron chi connectivity index (χ1n) is 10.5. The Morgan fingerprint density at radius 2 is 1.85 bits per heavy atom. The van der Waals surface area contributed by atoms with Crippen molar-refractivity contribution in [2.24, 2.45) is 5.10 Å². The Morgan fingerprint density at radius 3 is 2.59 bits per heavy atom. The monoisotopic (exact) mass is 526 g/mol. The molecular weight excluding hydrogens is 503 g/mol. The van der Waals surface area contributed by atoms with Crippen LogP contribution in [0.1, 0.15) is 28.4 Å². The number of nitrogens with zero attached hydrogens (tertiary/aromatic N) is 1. The molecule has 0 bridgehead atoms. The van der Waals surface area contributed by atoms with Crippen LogP contribution in [0.4, 0.5) is 4.39 Å². The molecule has 8 heteroatoms. The van der Waals surface area contributed by atoms with E-state index in [1.807, 2.05) is 6.92 Å². The molecule has 0 aliphatic rings. The standard InChI is InChI=1S/C26H24BrFN2O4/c1-3-13-33-24-12-10-19(15-25(24)32-4-2)26(31)30-29-16-18-9-11-23(21(27)14-18)34-17-20-7-5-6-8-22(20)28/h3,5-12,14-16H,1,4,13,17H2,2H3,(H,30,31)/b29-16+. The molecule has 0 saturated carbocycles. The Labute approximate surface area is 206 Å². The van der Waals surface area contributed by atoms with Crippen LogP contribution in [0.25, 0.3) is 0 Å². The summed E-state index contributed by atoms with van der Waals surface area (Å²) in [6.45, 7) is 6.34. The maximum Gasteiger partial charge on any atom is 0.271 e. The summed E-state index contributed by atoms with van der Waals surface area (Å²) >= 11 is 3.44. The van der Waals surface area contributed by atoms with Crippen LogP contribution in [0.3, 0.4) is 0 Å². The summed E-state index contributed by atoms with van der Waals surface area (Å²) in [4.78, 5) is 12.5. The van der Waals surface area contributed by atoms with E-state index in [4.69, 9.17) is 14.2 Å². The average Bonchev–Trinajstić information content (AvgIpc) is 2.83. The lowest BCUT2D eigenvalue weighted by atomic mass is 10.2. The molecule has 34 heavy (non-hydrogen) atoms. The maximum absolute atomic E-state index is 13.8. The Bertz CT molecular complexity index is 1180. The van der Waals surface area contributed by atoms with E-state index in [-0.39, 0.29) is 12.4 Å². The molecule has 176 valence electrons. The van der Waals surface area contributed by atoms with Crippen molar-refractivity contribution < 1.29 is 23.4 Å². The van der Waals surface area contributed by atoms with Crippen molar-refractivity contribution in [2.75, 3.05) is 13.2 Å². The maximum atomic E-state index is 13.8. The quantitative estimate of drug-likeness (QED) is 0.192. The van der Waals surface area contributed by atoms with Gasteiger partial charge in [-0.05, 0) is 70.9 Å². The number of rotatable bonds is 11. The summed E-state index contributed by atoms with van der Waals surface area (Å²) in [6, 6.07) is 16.7. The molecule has 0 unspecified atom stereocenters. The lowest BCUT2D eigenvalue weighted by molar-refractivity contribution is 0.0954. The minimum absolute atomic E-state index is 0.107. The molecule has 0 aliphatic heterocycles. The number of hydrazone groups is 1. The molecule has 0 radical (unpaired) electrons. The van der Waals surface area contributed by atoms with Gasteiger partial charge in [0.05, 0.1) is 17.3 Å². The van der Waals surface area contributed by atoms with E-state index < -0.39 is 5.91 Å². The zero-order chi connectivity index (χ0) is 24.3. The molecule has 6 nitrogen and oxygen atoms in total. The Kier molecular flexibility index (Phi) is 9.22. The van der Waals surface area contributed by atoms with Crippen LogP contribution < -0.4 is 19.6 Å². The molecule has 1 amide bonds. The summed E-state index contributed by atoms with van der Waals surface area (Å²) in [6.07, 6.45) is 3.14. The Balaban J connectivity index is 1.60. The van der Waals surface area contributed by atoms with Crippen molar-refractivity contribution in [3.8, 4) is 17.2 Å². The molecular formula is C26H24BrFN2O4. The van der Waals surface area contributed by atoms with Gasteiger partial charge in [-0.1, -0.05) is 30.9 Å². The number of ether oxygens (including phenoxy) is 3. The SMILES string of the molecule is C=CCOc1ccc(C(=O)N/N=C/c2ccc(OCc3ccccc3F)c(Br)c2)cc1OCC. The minimum atomic E-state index is -0.392. The van der Waals surface area contributed by atoms with Gasteiger partial charge in [0.1, 0.15) is 24.8 Å². The molecule has 0 saturated heterocycles. The van der Waals surface area contributed by atoms with E-state index in [2.05, 4.69) is 33.0 Å². The zero-order valence-corrected chi connectivity index (χ0v) is 20.2. The first-order valence-corrected chi connectivity index (χ1v) is 11.3. The highest BCUT2D eigenvalue weighted by Crippen LogP contribution is 2.29. The van der Waals surface area contributed by atoms with E-state index in [1.54, 1.807) is 60.7 Å². The van der Waals surface area contributed by atoms with Gasteiger partial charge in [-0.3, -0.25) is 4.79 Å². The molecule has 3 rings (SSSR count). The van der Waals surface area contributed by atoms with Gasteiger partial charge in [0.25, 0.3) is 5.91 Å². The fraction of sp³-hybridized carbons (Fsp3) is 0.154. The van der Waals surface area contributed by atoms with Gasteiger partial charge in [0.15, 0.2) is 11.5 Å². The van der Waals surface area contributed by atoms with E-state index in [0.717, 1.165) is 5.56 Å². The summed E-state index contributed by atoms with van der Waals surface area (Å²) in [5.41, 5.74) is 4.07. The predicted molar refractivity (Wildman–Crippen MR) is 133 cm³/mol. The van der Waals surface area contributed by atoms with Gasteiger partial charge < -0.3 is 14.2 Å². The highest BCUT2D eigenvalue weighted by molar-refractivity contribution is 9.10. The lowest BCUT2D eigenvalue weighted by Crippen LogP contribution is -2.17. The largest absolute Gasteiger partial charge is 0.490 e. The number of nitrogens with one attached hydrogen (secondary N) is 1. The number of halogens is 2. The molecule has 0 fully saturated rings. The first kappa shape index (κ1) is 25.0. The number of carbonyl (C=O) groups excluding carboxylic acids is 1. The first-order chi connectivity index (χ1) is 16.5. The Hall–Kier alpha value is -3.65. The van der Waals surface area contributed by atoms with E-state index in [9.17, 15) is 9.18 Å². The van der Waals surface area contributed by atoms with E-state index in [1.165, 1.54) is 12.3 Å². The summed E-state index contributed by atoms with van der Waals surface area (Å²) in [7, 11) is 0. The number of carbonyl (C=O) groups is 1. The molecule has 0 spiro atoms. The van der Waals surface area contributed by atoms with Crippen LogP contribution >= 0.6 is 15.9 Å². The molecule has 0 atom stereocenters. The van der Waals surface area contributed by atoms with Crippen LogP contribution in [0.15, 0.2) is 82.9 Å². The molecule has 0 aromatic heterocycles. The molecule has 1 N–H and O–H groups in total. The van der Waals surface area contributed by atoms with Crippen LogP contribution in [0, 0.1) is 5.82 Å². The summed E-state index contributed by atoms with van der Waals surface area (Å²) in [5.74, 6) is 0.855. The van der Waals surface area contributed by atoms with Crippen LogP contribution in [0.2, 0.25) is 0 Å². The fourth-order valence-electron chi connectivity index (χ4n) is 2.90. The van der Waals surface area contributed by atoms with Gasteiger partial charge in [0.2, 0.25) is 0 Å². The van der Waals surface area contributed by atoms with E-state index in [0.29, 0.717) is 46.1 Å². The molecule has 0 aliphatic carbocycles. The van der Waals surface area contributed by atoms with Crippen molar-refractivity contribution in [1.29, 1.82) is 0 Å². The number of benzene rings is 3. The molecule has 3 aromatic rings. The second-order valence-electron chi connectivity index (χ2n) is 6.96. The third-order valence-corrected chi connectivity index (χ3v) is 5.16. The van der Waals surface area contributed by atoms with Crippen LogP contribution in [-0.2, 0) is 6.61 Å². The van der Waals surface area contributed by atoms with Crippen molar-refractivity contribution in [1.82, 2.24) is 5.43 Å². The van der Waals surface area contributed by atoms with Gasteiger partial charge >= 0.3 is 0 Å². The summed E-state index contributed by atoms with van der Waals surface area (Å²) in [5, 5.41) is 4.02. The number of hydrogen-bond acceptors (Lipinski definition) is 5. The van der Waals surface area contributed by atoms with Crippen LogP contribution in [0.5, 0.6) is 17.2 Å². The van der Waals surface area contributed by atoms with Gasteiger partial charge in [-0.15, -0.1) is 0 Å². The lowest BCUT2D eigenvalue weighted by Gasteiger charge is -2.12. The predicted octanol–water partition coefficient (Wildman–Crippen LogP) is 5.89. The highest BCUT2D eigenvalue weighted by atomic mass is 79.9. The van der Waals surface area contributed by atoms with Gasteiger partial charge in [0, 0.05) is 11.1 Å². The summed E-state index contributed by atoms with van der Waals surface area (Å²) < 4.78 is 31.2. The van der Waals surface area contributed by atoms with Crippen LogP contribution in [-0.4, -0.2) is 25.3 Å². The minimum Gasteiger partial charge on any atom is -0.490 e. The van der Waals surface area contributed by atoms with Crippen molar-refractivity contribution >= 4 is 28.1 Å². The Morgan fingerprint density at radius 1 is 1.06 bits per heavy atom. The molecule has 0 heterocycles. The zero-order valence-electron chi connectivity index (χ0n) is 18.6. The normalized spacial score (nSPS) is 10.7. The number of amides is 1. The third kappa shape index (κ3) is 6.92. The van der Waals surface area contributed by atoms with Gasteiger partial charge in [-0.25, -0.2) is 9.82 Å². The molecule has 3 aromatic carbocycles. The second-order valence-corrected chi connectivity index (χ2v) is 7.82. The highest BCUT2D eigenvalue weighted by Gasteiger charge is 2.11. The van der Waals surface area contributed by atoms with Crippen molar-refractivity contribution in [3.63, 3.8) is 0 Å². The number of hydrogen-bond donors (Lipinski definition) is 1. The fourth-order valence-corrected chi connectivity index (χ4v) is 3.41. The van der Waals surface area contributed by atoms with Crippen molar-refractivity contribution in [2.45, 2.75) is 13.5 Å². The van der Waals surface area contributed by atoms with Crippen molar-refractivity contribution in [3.05, 3.63) is 100 Å². The topological polar surface area (TPSA) is 69.2 Å². The second kappa shape index (κ2) is 12.6. The smallest absolute Gasteiger partial charge is 0.271 e. The van der Waals surface area contributed by atoms with Gasteiger partial charge in [-0.2, -0.15) is 5.10 Å². The van der Waals surface area contributed by atoms with E-state index >= 15 is 0 Å².